The van der Waals surface area contributed by atoms with Gasteiger partial charge in [-0.2, -0.15) is 0 Å². The van der Waals surface area contributed by atoms with E-state index >= 15 is 0 Å². The van der Waals surface area contributed by atoms with Gasteiger partial charge in [-0.3, -0.25) is 4.79 Å². The normalized spacial score (nSPS) is 13.2. The van der Waals surface area contributed by atoms with Crippen LogP contribution in [-0.2, 0) is 4.79 Å². The maximum Gasteiger partial charge on any atom is 0.282 e. The van der Waals surface area contributed by atoms with Crippen molar-refractivity contribution >= 4 is 22.9 Å². The summed E-state index contributed by atoms with van der Waals surface area (Å²) in [6.45, 7) is 1.83. The van der Waals surface area contributed by atoms with Gasteiger partial charge in [0.05, 0.1) is 10.6 Å². The first-order valence-corrected chi connectivity index (χ1v) is 9.02. The molecular weight excluding hydrogens is 335 g/mol. The molecule has 0 aliphatic heterocycles. The summed E-state index contributed by atoms with van der Waals surface area (Å²) in [5, 5.41) is 6.71. The van der Waals surface area contributed by atoms with Crippen LogP contribution in [0.1, 0.15) is 23.4 Å². The lowest BCUT2D eigenvalue weighted by Crippen LogP contribution is -2.92. The lowest BCUT2D eigenvalue weighted by molar-refractivity contribution is -0.703. The van der Waals surface area contributed by atoms with Crippen molar-refractivity contribution in [3.63, 3.8) is 0 Å². The largest absolute Gasteiger partial charge is 0.326 e. The number of nitrogens with one attached hydrogen (secondary N) is 1. The maximum atomic E-state index is 13.7. The van der Waals surface area contributed by atoms with Crippen molar-refractivity contribution in [2.75, 3.05) is 5.32 Å². The van der Waals surface area contributed by atoms with Crippen molar-refractivity contribution in [3.05, 3.63) is 88.4 Å². The van der Waals surface area contributed by atoms with Crippen molar-refractivity contribution in [1.82, 2.24) is 0 Å². The molecule has 2 aromatic carbocycles. The smallest absolute Gasteiger partial charge is 0.282 e. The number of carbonyl (C=O) groups excluding carboxylic acids is 1. The van der Waals surface area contributed by atoms with Crippen LogP contribution in [0.25, 0.3) is 0 Å². The van der Waals surface area contributed by atoms with Crippen LogP contribution in [0.3, 0.4) is 0 Å². The molecule has 1 amide bonds. The summed E-state index contributed by atoms with van der Waals surface area (Å²) in [7, 11) is 0. The van der Waals surface area contributed by atoms with Gasteiger partial charge < -0.3 is 10.6 Å². The molecule has 0 fully saturated rings. The number of rotatable bonds is 6. The van der Waals surface area contributed by atoms with E-state index in [4.69, 9.17) is 0 Å². The molecule has 0 saturated heterocycles. The first kappa shape index (κ1) is 17.3. The van der Waals surface area contributed by atoms with Crippen LogP contribution in [0.2, 0.25) is 0 Å². The fraction of sp³-hybridized carbons (Fsp3) is 0.150. The minimum Gasteiger partial charge on any atom is -0.326 e. The second kappa shape index (κ2) is 8.05. The molecule has 0 bridgehead atoms. The summed E-state index contributed by atoms with van der Waals surface area (Å²) in [6.07, 6.45) is 0. The quantitative estimate of drug-likeness (QED) is 0.698. The molecule has 1 aromatic heterocycles. The van der Waals surface area contributed by atoms with E-state index in [1.165, 1.54) is 10.9 Å². The van der Waals surface area contributed by atoms with E-state index in [2.05, 4.69) is 23.5 Å². The van der Waals surface area contributed by atoms with Gasteiger partial charge in [0.25, 0.3) is 5.91 Å². The SMILES string of the molecule is C[C@H]([NH2+][C@H](c1ccccc1)c1cccs1)C(=O)Nc1ccccc1F. The Morgan fingerprint density at radius 3 is 2.44 bits per heavy atom. The zero-order valence-corrected chi connectivity index (χ0v) is 14.7. The van der Waals surface area contributed by atoms with Crippen LogP contribution in [0.4, 0.5) is 10.1 Å². The first-order valence-electron chi connectivity index (χ1n) is 8.14. The molecule has 2 atom stereocenters. The lowest BCUT2D eigenvalue weighted by atomic mass is 10.0. The van der Waals surface area contributed by atoms with E-state index in [0.717, 1.165) is 5.56 Å². The van der Waals surface area contributed by atoms with E-state index in [1.807, 2.05) is 41.9 Å². The van der Waals surface area contributed by atoms with Crippen molar-refractivity contribution in [2.24, 2.45) is 0 Å². The third-order valence-electron chi connectivity index (χ3n) is 4.03. The number of anilines is 1. The van der Waals surface area contributed by atoms with Gasteiger partial charge in [0.2, 0.25) is 0 Å². The molecule has 0 saturated carbocycles. The number of hydrogen-bond donors (Lipinski definition) is 2. The van der Waals surface area contributed by atoms with Gasteiger partial charge in [0, 0.05) is 5.56 Å². The van der Waals surface area contributed by atoms with E-state index < -0.39 is 5.82 Å². The number of halogens is 1. The van der Waals surface area contributed by atoms with E-state index in [9.17, 15) is 9.18 Å². The van der Waals surface area contributed by atoms with Gasteiger partial charge in [0.15, 0.2) is 6.04 Å². The summed E-state index contributed by atoms with van der Waals surface area (Å²) in [5.41, 5.74) is 1.34. The Balaban J connectivity index is 1.75. The molecule has 0 aliphatic carbocycles. The minimum atomic E-state index is -0.430. The second-order valence-electron chi connectivity index (χ2n) is 5.85. The van der Waals surface area contributed by atoms with Gasteiger partial charge >= 0.3 is 0 Å². The third-order valence-corrected chi connectivity index (χ3v) is 4.99. The fourth-order valence-electron chi connectivity index (χ4n) is 2.68. The van der Waals surface area contributed by atoms with Crippen LogP contribution >= 0.6 is 11.3 Å². The zero-order valence-electron chi connectivity index (χ0n) is 13.9. The van der Waals surface area contributed by atoms with Crippen molar-refractivity contribution in [3.8, 4) is 0 Å². The highest BCUT2D eigenvalue weighted by Gasteiger charge is 2.25. The molecule has 0 radical (unpaired) electrons. The lowest BCUT2D eigenvalue weighted by Gasteiger charge is -2.19. The average molecular weight is 355 g/mol. The molecule has 3 N–H and O–H groups in total. The number of amides is 1. The van der Waals surface area contributed by atoms with Gasteiger partial charge in [-0.25, -0.2) is 4.39 Å². The Morgan fingerprint density at radius 2 is 1.76 bits per heavy atom. The highest BCUT2D eigenvalue weighted by atomic mass is 32.1. The van der Waals surface area contributed by atoms with Crippen LogP contribution in [0.15, 0.2) is 72.1 Å². The highest BCUT2D eigenvalue weighted by molar-refractivity contribution is 7.10. The standard InChI is InChI=1S/C20H19FN2OS/c1-14(20(24)23-17-11-6-5-10-16(17)21)22-19(18-12-7-13-25-18)15-8-3-2-4-9-15/h2-14,19,22H,1H3,(H,23,24)/p+1/t14-,19+/m0/s1. The number of para-hydroxylation sites is 1. The molecule has 0 spiro atoms. The number of nitrogens with two attached hydrogens (primary N) is 1. The third kappa shape index (κ3) is 4.32. The number of benzene rings is 2. The molecule has 1 heterocycles. The average Bonchev–Trinajstić information content (AvgIpc) is 3.16. The molecule has 5 heteroatoms. The second-order valence-corrected chi connectivity index (χ2v) is 6.83. The fourth-order valence-corrected chi connectivity index (χ4v) is 3.52. The zero-order chi connectivity index (χ0) is 17.6. The summed E-state index contributed by atoms with van der Waals surface area (Å²) in [5.74, 6) is -0.650. The molecule has 3 nitrogen and oxygen atoms in total. The number of quaternary nitrogens is 1. The van der Waals surface area contributed by atoms with E-state index in [-0.39, 0.29) is 23.7 Å². The first-order chi connectivity index (χ1) is 12.1. The minimum absolute atomic E-state index is 0.0302. The Kier molecular flexibility index (Phi) is 5.58. The van der Waals surface area contributed by atoms with Crippen LogP contribution in [0, 0.1) is 5.82 Å². The number of thiophene rings is 1. The molecular formula is C20H20FN2OS+. The van der Waals surface area contributed by atoms with Crippen molar-refractivity contribution < 1.29 is 14.5 Å². The summed E-state index contributed by atoms with van der Waals surface area (Å²) < 4.78 is 13.7. The number of carbonyl (C=O) groups is 1. The predicted molar refractivity (Wildman–Crippen MR) is 99.0 cm³/mol. The van der Waals surface area contributed by atoms with Gasteiger partial charge in [-0.05, 0) is 30.5 Å². The molecule has 3 aromatic rings. The van der Waals surface area contributed by atoms with Crippen molar-refractivity contribution in [2.45, 2.75) is 19.0 Å². The monoisotopic (exact) mass is 355 g/mol. The van der Waals surface area contributed by atoms with Gasteiger partial charge in [0.1, 0.15) is 11.9 Å². The molecule has 3 rings (SSSR count). The van der Waals surface area contributed by atoms with Crippen LogP contribution < -0.4 is 10.6 Å². The van der Waals surface area contributed by atoms with Crippen molar-refractivity contribution in [1.29, 1.82) is 0 Å². The summed E-state index contributed by atoms with van der Waals surface area (Å²) in [6, 6.07) is 20.0. The van der Waals surface area contributed by atoms with E-state index in [1.54, 1.807) is 29.5 Å². The summed E-state index contributed by atoms with van der Waals surface area (Å²) in [4.78, 5) is 13.7. The Morgan fingerprint density at radius 1 is 1.04 bits per heavy atom. The molecule has 0 aliphatic rings. The maximum absolute atomic E-state index is 13.7. The van der Waals surface area contributed by atoms with Crippen LogP contribution in [-0.4, -0.2) is 11.9 Å². The van der Waals surface area contributed by atoms with Crippen LogP contribution in [0.5, 0.6) is 0 Å². The van der Waals surface area contributed by atoms with Gasteiger partial charge in [-0.15, -0.1) is 11.3 Å². The Hall–Kier alpha value is -2.50. The molecule has 25 heavy (non-hydrogen) atoms. The van der Waals surface area contributed by atoms with Gasteiger partial charge in [-0.1, -0.05) is 48.5 Å². The number of hydrogen-bond acceptors (Lipinski definition) is 2. The highest BCUT2D eigenvalue weighted by Crippen LogP contribution is 2.22. The predicted octanol–water partition coefficient (Wildman–Crippen LogP) is 3.57. The topological polar surface area (TPSA) is 45.7 Å². The summed E-state index contributed by atoms with van der Waals surface area (Å²) >= 11 is 1.66. The van der Waals surface area contributed by atoms with E-state index in [0.29, 0.717) is 0 Å². The molecule has 0 unspecified atom stereocenters. The Bertz CT molecular complexity index is 821. The Labute approximate surface area is 150 Å². The molecule has 128 valence electrons.